The minimum Gasteiger partial charge on any atom is -0.497 e. The third-order valence-corrected chi connectivity index (χ3v) is 4.64. The molecule has 21 heavy (non-hydrogen) atoms. The van der Waals surface area contributed by atoms with Crippen molar-refractivity contribution in [2.45, 2.75) is 12.5 Å². The van der Waals surface area contributed by atoms with Gasteiger partial charge in [-0.3, -0.25) is 0 Å². The van der Waals surface area contributed by atoms with E-state index in [4.69, 9.17) is 9.72 Å². The van der Waals surface area contributed by atoms with E-state index in [0.29, 0.717) is 0 Å². The van der Waals surface area contributed by atoms with E-state index in [2.05, 4.69) is 35.6 Å². The lowest BCUT2D eigenvalue weighted by atomic mass is 10.0. The van der Waals surface area contributed by atoms with Gasteiger partial charge in [-0.25, -0.2) is 4.98 Å². The number of nitrogens with one attached hydrogen (secondary N) is 1. The van der Waals surface area contributed by atoms with Crippen LogP contribution in [0.2, 0.25) is 0 Å². The van der Waals surface area contributed by atoms with Crippen LogP contribution in [0.15, 0.2) is 48.5 Å². The number of fused-ring (bicyclic) bond motifs is 1. The first kappa shape index (κ1) is 14.0. The van der Waals surface area contributed by atoms with Gasteiger partial charge in [0, 0.05) is 12.5 Å². The van der Waals surface area contributed by atoms with E-state index in [-0.39, 0.29) is 6.04 Å². The van der Waals surface area contributed by atoms with E-state index >= 15 is 0 Å². The van der Waals surface area contributed by atoms with Crippen molar-refractivity contribution in [1.29, 1.82) is 0 Å². The Labute approximate surface area is 128 Å². The van der Waals surface area contributed by atoms with Crippen molar-refractivity contribution in [3.63, 3.8) is 0 Å². The molecule has 4 heteroatoms. The van der Waals surface area contributed by atoms with E-state index < -0.39 is 0 Å². The normalized spacial score (nSPS) is 12.5. The third kappa shape index (κ3) is 3.06. The predicted molar refractivity (Wildman–Crippen MR) is 88.1 cm³/mol. The van der Waals surface area contributed by atoms with Crippen LogP contribution in [0.1, 0.15) is 16.6 Å². The molecule has 0 fully saturated rings. The van der Waals surface area contributed by atoms with Gasteiger partial charge in [0.1, 0.15) is 5.75 Å². The number of para-hydroxylation sites is 1. The van der Waals surface area contributed by atoms with Gasteiger partial charge in [-0.2, -0.15) is 0 Å². The first-order chi connectivity index (χ1) is 10.3. The van der Waals surface area contributed by atoms with Crippen LogP contribution < -0.4 is 10.1 Å². The Morgan fingerprint density at radius 3 is 2.57 bits per heavy atom. The molecule has 1 aromatic heterocycles. The summed E-state index contributed by atoms with van der Waals surface area (Å²) in [5, 5.41) is 4.53. The maximum atomic E-state index is 5.21. The summed E-state index contributed by atoms with van der Waals surface area (Å²) >= 11 is 1.77. The summed E-state index contributed by atoms with van der Waals surface area (Å²) < 4.78 is 6.46. The summed E-state index contributed by atoms with van der Waals surface area (Å²) in [6.07, 6.45) is 0.891. The maximum absolute atomic E-state index is 5.21. The summed E-state index contributed by atoms with van der Waals surface area (Å²) in [5.41, 5.74) is 2.33. The molecule has 108 valence electrons. The second-order valence-electron chi connectivity index (χ2n) is 4.89. The highest BCUT2D eigenvalue weighted by Gasteiger charge is 2.13. The zero-order valence-electron chi connectivity index (χ0n) is 12.2. The molecule has 1 atom stereocenters. The molecular formula is C17H18N2OS. The van der Waals surface area contributed by atoms with E-state index in [1.54, 1.807) is 18.4 Å². The predicted octanol–water partition coefficient (Wildman–Crippen LogP) is 3.81. The number of nitrogens with zero attached hydrogens (tertiary/aromatic N) is 1. The average Bonchev–Trinajstić information content (AvgIpc) is 2.95. The molecular weight excluding hydrogens is 280 g/mol. The molecule has 0 amide bonds. The second kappa shape index (κ2) is 6.24. The zero-order valence-corrected chi connectivity index (χ0v) is 13.0. The Kier molecular flexibility index (Phi) is 4.18. The van der Waals surface area contributed by atoms with Crippen LogP contribution in [0, 0.1) is 0 Å². The lowest BCUT2D eigenvalue weighted by Crippen LogP contribution is -2.18. The van der Waals surface area contributed by atoms with Gasteiger partial charge >= 0.3 is 0 Å². The van der Waals surface area contributed by atoms with Crippen LogP contribution in [-0.2, 0) is 6.42 Å². The molecule has 1 N–H and O–H groups in total. The van der Waals surface area contributed by atoms with Gasteiger partial charge < -0.3 is 10.1 Å². The van der Waals surface area contributed by atoms with Crippen LogP contribution in [0.5, 0.6) is 5.75 Å². The molecule has 2 aromatic carbocycles. The molecule has 3 aromatic rings. The lowest BCUT2D eigenvalue weighted by Gasteiger charge is -2.15. The third-order valence-electron chi connectivity index (χ3n) is 3.58. The lowest BCUT2D eigenvalue weighted by molar-refractivity contribution is 0.414. The maximum Gasteiger partial charge on any atom is 0.118 e. The number of methoxy groups -OCH3 is 1. The van der Waals surface area contributed by atoms with Gasteiger partial charge in [-0.1, -0.05) is 24.3 Å². The number of hydrogen-bond acceptors (Lipinski definition) is 4. The molecule has 3 rings (SSSR count). The Morgan fingerprint density at radius 1 is 1.14 bits per heavy atom. The molecule has 0 aliphatic heterocycles. The largest absolute Gasteiger partial charge is 0.497 e. The number of thiazole rings is 1. The van der Waals surface area contributed by atoms with E-state index in [1.807, 2.05) is 25.2 Å². The summed E-state index contributed by atoms with van der Waals surface area (Å²) in [7, 11) is 3.67. The monoisotopic (exact) mass is 298 g/mol. The molecule has 0 saturated carbocycles. The van der Waals surface area contributed by atoms with Crippen molar-refractivity contribution in [1.82, 2.24) is 10.3 Å². The zero-order chi connectivity index (χ0) is 14.7. The first-order valence-electron chi connectivity index (χ1n) is 6.96. The summed E-state index contributed by atoms with van der Waals surface area (Å²) in [4.78, 5) is 4.71. The molecule has 0 radical (unpaired) electrons. The number of hydrogen-bond donors (Lipinski definition) is 1. The van der Waals surface area contributed by atoms with Crippen molar-refractivity contribution in [2.24, 2.45) is 0 Å². The molecule has 0 spiro atoms. The molecule has 1 heterocycles. The van der Waals surface area contributed by atoms with Crippen molar-refractivity contribution < 1.29 is 4.74 Å². The number of benzene rings is 2. The van der Waals surface area contributed by atoms with Gasteiger partial charge in [-0.05, 0) is 36.9 Å². The Bertz CT molecular complexity index is 688. The smallest absolute Gasteiger partial charge is 0.118 e. The van der Waals surface area contributed by atoms with Crippen LogP contribution >= 0.6 is 11.3 Å². The number of ether oxygens (including phenoxy) is 1. The molecule has 0 aliphatic carbocycles. The van der Waals surface area contributed by atoms with Crippen LogP contribution in [-0.4, -0.2) is 19.1 Å². The van der Waals surface area contributed by atoms with Crippen molar-refractivity contribution in [3.05, 3.63) is 59.1 Å². The Hall–Kier alpha value is -1.91. The molecule has 3 nitrogen and oxygen atoms in total. The minimum absolute atomic E-state index is 0.261. The molecule has 0 aliphatic rings. The summed E-state index contributed by atoms with van der Waals surface area (Å²) in [5.74, 6) is 0.883. The number of aromatic nitrogens is 1. The molecule has 1 unspecified atom stereocenters. The fourth-order valence-electron chi connectivity index (χ4n) is 2.40. The second-order valence-corrected chi connectivity index (χ2v) is 6.01. The minimum atomic E-state index is 0.261. The van der Waals surface area contributed by atoms with Gasteiger partial charge in [0.05, 0.1) is 22.3 Å². The highest BCUT2D eigenvalue weighted by atomic mass is 32.1. The topological polar surface area (TPSA) is 34.2 Å². The van der Waals surface area contributed by atoms with Gasteiger partial charge in [0.25, 0.3) is 0 Å². The molecule has 0 saturated heterocycles. The SMILES string of the molecule is CNC(Cc1nc2ccccc2s1)c1ccc(OC)cc1. The van der Waals surface area contributed by atoms with Crippen LogP contribution in [0.25, 0.3) is 10.2 Å². The summed E-state index contributed by atoms with van der Waals surface area (Å²) in [6.45, 7) is 0. The van der Waals surface area contributed by atoms with Gasteiger partial charge in [-0.15, -0.1) is 11.3 Å². The number of rotatable bonds is 5. The summed E-state index contributed by atoms with van der Waals surface area (Å²) in [6, 6.07) is 16.7. The van der Waals surface area contributed by atoms with Crippen LogP contribution in [0.4, 0.5) is 0 Å². The van der Waals surface area contributed by atoms with Gasteiger partial charge in [0.2, 0.25) is 0 Å². The quantitative estimate of drug-likeness (QED) is 0.778. The fourth-order valence-corrected chi connectivity index (χ4v) is 3.42. The van der Waals surface area contributed by atoms with Gasteiger partial charge in [0.15, 0.2) is 0 Å². The van der Waals surface area contributed by atoms with E-state index in [9.17, 15) is 0 Å². The van der Waals surface area contributed by atoms with E-state index in [0.717, 1.165) is 22.7 Å². The van der Waals surface area contributed by atoms with Crippen molar-refractivity contribution >= 4 is 21.6 Å². The van der Waals surface area contributed by atoms with Crippen molar-refractivity contribution in [2.75, 3.05) is 14.2 Å². The highest BCUT2D eigenvalue weighted by molar-refractivity contribution is 7.18. The van der Waals surface area contributed by atoms with E-state index in [1.165, 1.54) is 10.3 Å². The highest BCUT2D eigenvalue weighted by Crippen LogP contribution is 2.26. The molecule has 0 bridgehead atoms. The Morgan fingerprint density at radius 2 is 1.90 bits per heavy atom. The van der Waals surface area contributed by atoms with Crippen molar-refractivity contribution in [3.8, 4) is 5.75 Å². The standard InChI is InChI=1S/C17H18N2OS/c1-18-15(12-7-9-13(20-2)10-8-12)11-17-19-14-5-3-4-6-16(14)21-17/h3-10,15,18H,11H2,1-2H3. The Balaban J connectivity index is 1.82. The average molecular weight is 298 g/mol. The van der Waals surface area contributed by atoms with Crippen LogP contribution in [0.3, 0.4) is 0 Å². The fraction of sp³-hybridized carbons (Fsp3) is 0.235. The first-order valence-corrected chi connectivity index (χ1v) is 7.77. The number of likely N-dealkylation sites (N-methyl/N-ethyl adjacent to an activating group) is 1.